The first kappa shape index (κ1) is 15.5. The molecule has 0 saturated carbocycles. The lowest BCUT2D eigenvalue weighted by molar-refractivity contribution is -0.142. The predicted molar refractivity (Wildman–Crippen MR) is 82.1 cm³/mol. The first-order valence-electron chi connectivity index (χ1n) is 7.19. The minimum Gasteiger partial charge on any atom is -0.229 e. The number of fused-ring (bicyclic) bond motifs is 1. The highest BCUT2D eigenvalue weighted by molar-refractivity contribution is 5.63. The molecule has 23 heavy (non-hydrogen) atoms. The summed E-state index contributed by atoms with van der Waals surface area (Å²) < 4.78 is 40.5. The van der Waals surface area contributed by atoms with E-state index in [0.717, 1.165) is 16.1 Å². The van der Waals surface area contributed by atoms with Gasteiger partial charge >= 0.3 is 6.18 Å². The van der Waals surface area contributed by atoms with Crippen LogP contribution in [0.4, 0.5) is 13.2 Å². The summed E-state index contributed by atoms with van der Waals surface area (Å²) in [5, 5.41) is 3.70. The lowest BCUT2D eigenvalue weighted by atomic mass is 9.86. The molecule has 2 heterocycles. The zero-order chi connectivity index (χ0) is 16.8. The topological polar surface area (TPSA) is 30.2 Å². The third-order valence-electron chi connectivity index (χ3n) is 3.70. The Labute approximate surface area is 131 Å². The van der Waals surface area contributed by atoms with E-state index in [1.165, 1.54) is 12.3 Å². The third-order valence-corrected chi connectivity index (χ3v) is 3.70. The van der Waals surface area contributed by atoms with Crippen LogP contribution in [0.1, 0.15) is 32.0 Å². The van der Waals surface area contributed by atoms with Crippen molar-refractivity contribution in [2.75, 3.05) is 0 Å². The maximum Gasteiger partial charge on any atom is 0.433 e. The molecule has 0 aliphatic heterocycles. The molecule has 3 rings (SSSR count). The van der Waals surface area contributed by atoms with Crippen molar-refractivity contribution in [2.24, 2.45) is 0 Å². The first-order chi connectivity index (χ1) is 10.7. The van der Waals surface area contributed by atoms with Crippen molar-refractivity contribution in [2.45, 2.75) is 32.4 Å². The fourth-order valence-corrected chi connectivity index (χ4v) is 2.40. The van der Waals surface area contributed by atoms with Crippen LogP contribution in [0.3, 0.4) is 0 Å². The summed E-state index contributed by atoms with van der Waals surface area (Å²) >= 11 is 0. The monoisotopic (exact) mass is 319 g/mol. The molecular weight excluding hydrogens is 303 g/mol. The fraction of sp³-hybridized carbons (Fsp3) is 0.294. The number of aromatic nitrogens is 3. The van der Waals surface area contributed by atoms with E-state index in [0.29, 0.717) is 5.56 Å². The number of nitrogens with zero attached hydrogens (tertiary/aromatic N) is 3. The number of hydrogen-bond acceptors (Lipinski definition) is 2. The Kier molecular flexibility index (Phi) is 3.43. The Hall–Kier alpha value is -2.37. The number of benzene rings is 1. The van der Waals surface area contributed by atoms with Gasteiger partial charge in [0.25, 0.3) is 0 Å². The van der Waals surface area contributed by atoms with Gasteiger partial charge < -0.3 is 0 Å². The summed E-state index contributed by atoms with van der Waals surface area (Å²) in [6.07, 6.45) is -3.18. The van der Waals surface area contributed by atoms with Crippen LogP contribution in [-0.4, -0.2) is 14.6 Å². The summed E-state index contributed by atoms with van der Waals surface area (Å²) in [5.74, 6) is 0. The van der Waals surface area contributed by atoms with E-state index in [1.807, 2.05) is 12.1 Å². The van der Waals surface area contributed by atoms with Crippen molar-refractivity contribution in [1.82, 2.24) is 14.6 Å². The second-order valence-electron chi connectivity index (χ2n) is 6.45. The van der Waals surface area contributed by atoms with Crippen LogP contribution in [0.2, 0.25) is 0 Å². The van der Waals surface area contributed by atoms with Gasteiger partial charge in [-0.05, 0) is 17.0 Å². The van der Waals surface area contributed by atoms with E-state index in [1.54, 1.807) is 12.1 Å². The van der Waals surface area contributed by atoms with Gasteiger partial charge in [0.2, 0.25) is 0 Å². The van der Waals surface area contributed by atoms with Gasteiger partial charge in [0.15, 0.2) is 11.3 Å². The van der Waals surface area contributed by atoms with E-state index < -0.39 is 11.9 Å². The lowest BCUT2D eigenvalue weighted by Gasteiger charge is -2.19. The van der Waals surface area contributed by atoms with Crippen LogP contribution in [-0.2, 0) is 11.6 Å². The maximum atomic E-state index is 13.2. The average Bonchev–Trinajstić information content (AvgIpc) is 2.92. The SMILES string of the molecule is CC(C)(C)c1ccc(-c2cc(C(F)(F)F)n3nccc3n2)cc1. The molecule has 0 bridgehead atoms. The van der Waals surface area contributed by atoms with E-state index in [9.17, 15) is 13.2 Å². The molecular formula is C17H16F3N3. The Balaban J connectivity index is 2.13. The quantitative estimate of drug-likeness (QED) is 0.650. The largest absolute Gasteiger partial charge is 0.433 e. The Morgan fingerprint density at radius 3 is 2.17 bits per heavy atom. The first-order valence-corrected chi connectivity index (χ1v) is 7.19. The van der Waals surface area contributed by atoms with Crippen LogP contribution < -0.4 is 0 Å². The Bertz CT molecular complexity index is 840. The second-order valence-corrected chi connectivity index (χ2v) is 6.45. The molecule has 0 atom stereocenters. The van der Waals surface area contributed by atoms with Crippen molar-refractivity contribution in [3.05, 3.63) is 53.9 Å². The molecule has 0 unspecified atom stereocenters. The highest BCUT2D eigenvalue weighted by Gasteiger charge is 2.35. The van der Waals surface area contributed by atoms with Crippen molar-refractivity contribution < 1.29 is 13.2 Å². The van der Waals surface area contributed by atoms with Gasteiger partial charge in [-0.25, -0.2) is 9.50 Å². The zero-order valence-electron chi connectivity index (χ0n) is 13.0. The molecule has 0 amide bonds. The van der Waals surface area contributed by atoms with Crippen LogP contribution in [0.15, 0.2) is 42.6 Å². The number of alkyl halides is 3. The zero-order valence-corrected chi connectivity index (χ0v) is 13.0. The summed E-state index contributed by atoms with van der Waals surface area (Å²) in [6, 6.07) is 9.94. The van der Waals surface area contributed by atoms with E-state index in [2.05, 4.69) is 30.9 Å². The van der Waals surface area contributed by atoms with Gasteiger partial charge in [-0.3, -0.25) is 0 Å². The standard InChI is InChI=1S/C17H16F3N3/c1-16(2,3)12-6-4-11(5-7-12)13-10-14(17(18,19)20)23-15(22-13)8-9-21-23/h4-10H,1-3H3. The minimum atomic E-state index is -4.49. The van der Waals surface area contributed by atoms with Crippen LogP contribution >= 0.6 is 0 Å². The molecule has 0 aliphatic rings. The van der Waals surface area contributed by atoms with Crippen molar-refractivity contribution in [3.63, 3.8) is 0 Å². The Morgan fingerprint density at radius 2 is 1.61 bits per heavy atom. The van der Waals surface area contributed by atoms with Gasteiger partial charge in [-0.2, -0.15) is 18.3 Å². The lowest BCUT2D eigenvalue weighted by Crippen LogP contribution is -2.13. The molecule has 1 aromatic carbocycles. The van der Waals surface area contributed by atoms with E-state index in [-0.39, 0.29) is 16.8 Å². The van der Waals surface area contributed by atoms with Gasteiger partial charge in [-0.15, -0.1) is 0 Å². The second kappa shape index (κ2) is 5.08. The van der Waals surface area contributed by atoms with Crippen LogP contribution in [0.25, 0.3) is 16.9 Å². The summed E-state index contributed by atoms with van der Waals surface area (Å²) in [4.78, 5) is 4.27. The fourth-order valence-electron chi connectivity index (χ4n) is 2.40. The molecule has 0 N–H and O–H groups in total. The highest BCUT2D eigenvalue weighted by atomic mass is 19.4. The third kappa shape index (κ3) is 2.93. The van der Waals surface area contributed by atoms with Crippen molar-refractivity contribution >= 4 is 5.65 Å². The van der Waals surface area contributed by atoms with Gasteiger partial charge in [-0.1, -0.05) is 45.0 Å². The molecule has 120 valence electrons. The molecule has 0 aliphatic carbocycles. The van der Waals surface area contributed by atoms with Crippen LogP contribution in [0.5, 0.6) is 0 Å². The molecule has 0 saturated heterocycles. The van der Waals surface area contributed by atoms with Gasteiger partial charge in [0, 0.05) is 11.6 Å². The van der Waals surface area contributed by atoms with Gasteiger partial charge in [0.05, 0.1) is 11.9 Å². The molecule has 6 heteroatoms. The van der Waals surface area contributed by atoms with E-state index >= 15 is 0 Å². The number of halogens is 3. The molecule has 3 aromatic rings. The number of rotatable bonds is 1. The maximum absolute atomic E-state index is 13.2. The normalized spacial score (nSPS) is 12.8. The number of hydrogen-bond donors (Lipinski definition) is 0. The molecule has 0 spiro atoms. The highest BCUT2D eigenvalue weighted by Crippen LogP contribution is 2.32. The van der Waals surface area contributed by atoms with Crippen LogP contribution in [0, 0.1) is 0 Å². The summed E-state index contributed by atoms with van der Waals surface area (Å²) in [7, 11) is 0. The summed E-state index contributed by atoms with van der Waals surface area (Å²) in [6.45, 7) is 6.25. The molecule has 2 aromatic heterocycles. The minimum absolute atomic E-state index is 0.0154. The summed E-state index contributed by atoms with van der Waals surface area (Å²) in [5.41, 5.74) is 1.37. The smallest absolute Gasteiger partial charge is 0.229 e. The van der Waals surface area contributed by atoms with Crippen molar-refractivity contribution in [3.8, 4) is 11.3 Å². The van der Waals surface area contributed by atoms with Crippen molar-refractivity contribution in [1.29, 1.82) is 0 Å². The average molecular weight is 319 g/mol. The van der Waals surface area contributed by atoms with E-state index in [4.69, 9.17) is 0 Å². The Morgan fingerprint density at radius 1 is 0.957 bits per heavy atom. The predicted octanol–water partition coefficient (Wildman–Crippen LogP) is 4.71. The molecule has 3 nitrogen and oxygen atoms in total. The van der Waals surface area contributed by atoms with Gasteiger partial charge in [0.1, 0.15) is 0 Å². The molecule has 0 fully saturated rings. The molecule has 0 radical (unpaired) electrons.